The monoisotopic (exact) mass is 429 g/mol. The fourth-order valence-corrected chi connectivity index (χ4v) is 3.88. The highest BCUT2D eigenvalue weighted by molar-refractivity contribution is 6.30. The topological polar surface area (TPSA) is 70.7 Å². The molecule has 156 valence electrons. The molecule has 2 aromatic carbocycles. The zero-order valence-corrected chi connectivity index (χ0v) is 17.3. The molecule has 6 nitrogen and oxygen atoms in total. The van der Waals surface area contributed by atoms with Crippen molar-refractivity contribution >= 4 is 29.2 Å². The Bertz CT molecular complexity index is 1050. The number of nitrogens with one attached hydrogen (secondary N) is 2. The Morgan fingerprint density at radius 2 is 2.03 bits per heavy atom. The summed E-state index contributed by atoms with van der Waals surface area (Å²) < 4.78 is 19.2. The van der Waals surface area contributed by atoms with Gasteiger partial charge >= 0.3 is 6.03 Å². The summed E-state index contributed by atoms with van der Waals surface area (Å²) >= 11 is 6.01. The number of ether oxygens (including phenoxy) is 1. The second kappa shape index (κ2) is 7.99. The Kier molecular flexibility index (Phi) is 5.39. The van der Waals surface area contributed by atoms with Gasteiger partial charge in [-0.15, -0.1) is 0 Å². The molecule has 0 saturated heterocycles. The van der Waals surface area contributed by atoms with E-state index in [2.05, 4.69) is 10.6 Å². The number of anilines is 1. The lowest BCUT2D eigenvalue weighted by molar-refractivity contribution is -0.113. The number of urea groups is 1. The van der Waals surface area contributed by atoms with Gasteiger partial charge in [-0.2, -0.15) is 0 Å². The van der Waals surface area contributed by atoms with Gasteiger partial charge in [-0.05, 0) is 49.6 Å². The predicted octanol–water partition coefficient (Wildman–Crippen LogP) is 4.63. The van der Waals surface area contributed by atoms with Gasteiger partial charge in [-0.1, -0.05) is 23.7 Å². The van der Waals surface area contributed by atoms with Crippen LogP contribution >= 0.6 is 11.6 Å². The third-order valence-electron chi connectivity index (χ3n) is 5.28. The Hall–Kier alpha value is -3.06. The lowest BCUT2D eigenvalue weighted by atomic mass is 9.94. The van der Waals surface area contributed by atoms with Gasteiger partial charge in [0.15, 0.2) is 0 Å². The standard InChI is InChI=1S/C22H21ClFN3O3/c1-12-19(21(28)25-17-9-6-14(23)11-18(17)30-2)20(13-4-3-5-15(24)10-13)26-22(29)27(12)16-7-8-16/h3-6,9-11,16,20H,7-8H2,1-2H3,(H,25,28)(H,26,29). The normalized spacial score (nSPS) is 18.9. The van der Waals surface area contributed by atoms with Crippen molar-refractivity contribution in [1.29, 1.82) is 0 Å². The molecule has 0 bridgehead atoms. The van der Waals surface area contributed by atoms with Gasteiger partial charge < -0.3 is 15.4 Å². The number of allylic oxidation sites excluding steroid dienone is 1. The third-order valence-corrected chi connectivity index (χ3v) is 5.51. The molecule has 1 fully saturated rings. The Morgan fingerprint density at radius 1 is 1.27 bits per heavy atom. The van der Waals surface area contributed by atoms with Crippen molar-refractivity contribution < 1.29 is 18.7 Å². The van der Waals surface area contributed by atoms with E-state index in [9.17, 15) is 14.0 Å². The maximum atomic E-state index is 13.9. The molecule has 1 aliphatic heterocycles. The molecule has 8 heteroatoms. The summed E-state index contributed by atoms with van der Waals surface area (Å²) in [6, 6.07) is 9.78. The molecule has 1 aliphatic carbocycles. The number of rotatable bonds is 5. The molecule has 1 heterocycles. The molecular formula is C22H21ClFN3O3. The molecular weight excluding hydrogens is 409 g/mol. The van der Waals surface area contributed by atoms with Crippen LogP contribution in [0.4, 0.5) is 14.9 Å². The third kappa shape index (κ3) is 3.85. The zero-order chi connectivity index (χ0) is 21.4. The van der Waals surface area contributed by atoms with Crippen LogP contribution in [0.3, 0.4) is 0 Å². The minimum Gasteiger partial charge on any atom is -0.495 e. The van der Waals surface area contributed by atoms with Crippen LogP contribution in [0, 0.1) is 5.82 Å². The van der Waals surface area contributed by atoms with E-state index < -0.39 is 17.8 Å². The number of hydrogen-bond acceptors (Lipinski definition) is 3. The molecule has 2 aliphatic rings. The number of benzene rings is 2. The van der Waals surface area contributed by atoms with E-state index in [1.54, 1.807) is 42.2 Å². The minimum absolute atomic E-state index is 0.0753. The largest absolute Gasteiger partial charge is 0.495 e. The van der Waals surface area contributed by atoms with Crippen molar-refractivity contribution in [2.75, 3.05) is 12.4 Å². The second-order valence-corrected chi connectivity index (χ2v) is 7.77. The molecule has 0 radical (unpaired) electrons. The lowest BCUT2D eigenvalue weighted by Crippen LogP contribution is -2.49. The van der Waals surface area contributed by atoms with Crippen LogP contribution in [-0.4, -0.2) is 30.0 Å². The van der Waals surface area contributed by atoms with Crippen molar-refractivity contribution in [2.45, 2.75) is 31.8 Å². The van der Waals surface area contributed by atoms with Crippen LogP contribution in [0.25, 0.3) is 0 Å². The second-order valence-electron chi connectivity index (χ2n) is 7.34. The summed E-state index contributed by atoms with van der Waals surface area (Å²) in [6.45, 7) is 1.75. The van der Waals surface area contributed by atoms with E-state index in [0.717, 1.165) is 12.8 Å². The first-order chi connectivity index (χ1) is 14.4. The van der Waals surface area contributed by atoms with E-state index in [4.69, 9.17) is 16.3 Å². The highest BCUT2D eigenvalue weighted by Gasteiger charge is 2.42. The SMILES string of the molecule is COc1cc(Cl)ccc1NC(=O)C1=C(C)N(C2CC2)C(=O)NC1c1cccc(F)c1. The summed E-state index contributed by atoms with van der Waals surface area (Å²) in [7, 11) is 1.48. The first-order valence-electron chi connectivity index (χ1n) is 9.60. The number of carbonyl (C=O) groups is 2. The number of nitrogens with zero attached hydrogens (tertiary/aromatic N) is 1. The Labute approximate surface area is 178 Å². The molecule has 4 rings (SSSR count). The highest BCUT2D eigenvalue weighted by Crippen LogP contribution is 2.38. The molecule has 1 atom stereocenters. The minimum atomic E-state index is -0.776. The van der Waals surface area contributed by atoms with Gasteiger partial charge in [0.2, 0.25) is 0 Å². The van der Waals surface area contributed by atoms with Gasteiger partial charge in [0, 0.05) is 22.8 Å². The fraction of sp³-hybridized carbons (Fsp3) is 0.273. The van der Waals surface area contributed by atoms with Crippen LogP contribution in [0.5, 0.6) is 5.75 Å². The van der Waals surface area contributed by atoms with Crippen LogP contribution < -0.4 is 15.4 Å². The number of amides is 3. The Morgan fingerprint density at radius 3 is 2.70 bits per heavy atom. The van der Waals surface area contributed by atoms with Crippen molar-refractivity contribution in [2.24, 2.45) is 0 Å². The average Bonchev–Trinajstić information content (AvgIpc) is 3.53. The molecule has 3 amide bonds. The van der Waals surface area contributed by atoms with Crippen molar-refractivity contribution in [3.05, 3.63) is 70.1 Å². The van der Waals surface area contributed by atoms with Crippen LogP contribution in [0.1, 0.15) is 31.4 Å². The predicted molar refractivity (Wildman–Crippen MR) is 112 cm³/mol. The first-order valence-corrected chi connectivity index (χ1v) is 9.97. The number of halogens is 2. The summed E-state index contributed by atoms with van der Waals surface area (Å²) in [4.78, 5) is 27.7. The van der Waals surface area contributed by atoms with Gasteiger partial charge in [0.05, 0.1) is 24.4 Å². The number of hydrogen-bond donors (Lipinski definition) is 2. The number of carbonyl (C=O) groups excluding carboxylic acids is 2. The summed E-state index contributed by atoms with van der Waals surface area (Å²) in [5.74, 6) is -0.438. The molecule has 1 unspecified atom stereocenters. The molecule has 2 N–H and O–H groups in total. The molecule has 1 saturated carbocycles. The maximum Gasteiger partial charge on any atom is 0.322 e. The fourth-order valence-electron chi connectivity index (χ4n) is 3.72. The molecule has 0 spiro atoms. The quantitative estimate of drug-likeness (QED) is 0.728. The number of methoxy groups -OCH3 is 1. The molecule has 30 heavy (non-hydrogen) atoms. The van der Waals surface area contributed by atoms with Crippen molar-refractivity contribution in [1.82, 2.24) is 10.2 Å². The van der Waals surface area contributed by atoms with E-state index in [1.807, 2.05) is 0 Å². The average molecular weight is 430 g/mol. The summed E-state index contributed by atoms with van der Waals surface area (Å²) in [5, 5.41) is 6.19. The molecule has 0 aromatic heterocycles. The first kappa shape index (κ1) is 20.2. The molecule has 2 aromatic rings. The zero-order valence-electron chi connectivity index (χ0n) is 16.5. The van der Waals surface area contributed by atoms with E-state index in [1.165, 1.54) is 19.2 Å². The van der Waals surface area contributed by atoms with Gasteiger partial charge in [0.25, 0.3) is 5.91 Å². The summed E-state index contributed by atoms with van der Waals surface area (Å²) in [6.07, 6.45) is 1.77. The highest BCUT2D eigenvalue weighted by atomic mass is 35.5. The van der Waals surface area contributed by atoms with E-state index in [-0.39, 0.29) is 12.1 Å². The summed E-state index contributed by atoms with van der Waals surface area (Å²) in [5.41, 5.74) is 1.84. The van der Waals surface area contributed by atoms with Crippen LogP contribution in [-0.2, 0) is 4.79 Å². The van der Waals surface area contributed by atoms with Crippen LogP contribution in [0.15, 0.2) is 53.7 Å². The van der Waals surface area contributed by atoms with Gasteiger partial charge in [-0.3, -0.25) is 9.69 Å². The smallest absolute Gasteiger partial charge is 0.322 e. The van der Waals surface area contributed by atoms with E-state index >= 15 is 0 Å². The Balaban J connectivity index is 1.75. The van der Waals surface area contributed by atoms with Crippen LogP contribution in [0.2, 0.25) is 5.02 Å². The van der Waals surface area contributed by atoms with Gasteiger partial charge in [0.1, 0.15) is 11.6 Å². The van der Waals surface area contributed by atoms with E-state index in [0.29, 0.717) is 33.3 Å². The maximum absolute atomic E-state index is 13.9. The van der Waals surface area contributed by atoms with Crippen molar-refractivity contribution in [3.8, 4) is 5.75 Å². The van der Waals surface area contributed by atoms with Crippen molar-refractivity contribution in [3.63, 3.8) is 0 Å². The van der Waals surface area contributed by atoms with Gasteiger partial charge in [-0.25, -0.2) is 9.18 Å². The lowest BCUT2D eigenvalue weighted by Gasteiger charge is -2.36.